The van der Waals surface area contributed by atoms with Crippen molar-refractivity contribution in [1.82, 2.24) is 0 Å². The zero-order valence-electron chi connectivity index (χ0n) is 11.2. The summed E-state index contributed by atoms with van der Waals surface area (Å²) < 4.78 is 1.93. The number of rotatable bonds is 1. The number of amides is 1. The molecule has 100 valence electrons. The van der Waals surface area contributed by atoms with Crippen LogP contribution in [0.2, 0.25) is 0 Å². The van der Waals surface area contributed by atoms with E-state index in [2.05, 4.69) is 5.32 Å². The summed E-state index contributed by atoms with van der Waals surface area (Å²) in [6, 6.07) is 11.3. The molecule has 0 fully saturated rings. The third-order valence-corrected chi connectivity index (χ3v) is 4.37. The number of nitrogens with one attached hydrogen (secondary N) is 1. The number of hydrogen-bond donors (Lipinski definition) is 1. The van der Waals surface area contributed by atoms with Crippen LogP contribution in [0.4, 0.5) is 5.69 Å². The maximum atomic E-state index is 12.5. The Kier molecular flexibility index (Phi) is 3.03. The summed E-state index contributed by atoms with van der Waals surface area (Å²) in [5, 5.41) is 4.15. The molecule has 0 saturated carbocycles. The average Bonchev–Trinajstić information content (AvgIpc) is 2.40. The van der Waals surface area contributed by atoms with Gasteiger partial charge in [0.05, 0.1) is 0 Å². The summed E-state index contributed by atoms with van der Waals surface area (Å²) >= 11 is 1.59. The highest BCUT2D eigenvalue weighted by atomic mass is 32.1. The quantitative estimate of drug-likeness (QED) is 0.692. The molecule has 1 amide bonds. The van der Waals surface area contributed by atoms with Gasteiger partial charge in [0.1, 0.15) is 0 Å². The molecule has 0 radical (unpaired) electrons. The standard InChI is InChI=1S/C16H13NO2S/c1-9-7-15-12(8-13(9)17-10(2)18)16(19)11-5-3-4-6-14(11)20-15/h3-8H,1-2H3,(H,17,18). The summed E-state index contributed by atoms with van der Waals surface area (Å²) in [7, 11) is 0. The lowest BCUT2D eigenvalue weighted by Crippen LogP contribution is -2.08. The lowest BCUT2D eigenvalue weighted by molar-refractivity contribution is -0.114. The van der Waals surface area contributed by atoms with E-state index >= 15 is 0 Å². The van der Waals surface area contributed by atoms with Crippen molar-refractivity contribution in [3.8, 4) is 0 Å². The fourth-order valence-corrected chi connectivity index (χ4v) is 3.43. The molecule has 0 aliphatic rings. The number of anilines is 1. The molecule has 3 rings (SSSR count). The molecule has 0 saturated heterocycles. The molecule has 20 heavy (non-hydrogen) atoms. The van der Waals surface area contributed by atoms with Crippen LogP contribution in [0.1, 0.15) is 12.5 Å². The SMILES string of the molecule is CC(=O)Nc1cc2c(=O)c3ccccc3sc2cc1C. The smallest absolute Gasteiger partial charge is 0.221 e. The van der Waals surface area contributed by atoms with E-state index in [0.29, 0.717) is 11.1 Å². The van der Waals surface area contributed by atoms with Gasteiger partial charge in [0.15, 0.2) is 5.43 Å². The third kappa shape index (κ3) is 2.08. The zero-order chi connectivity index (χ0) is 14.3. The van der Waals surface area contributed by atoms with Crippen LogP contribution >= 0.6 is 11.3 Å². The van der Waals surface area contributed by atoms with Gasteiger partial charge in [0, 0.05) is 32.8 Å². The van der Waals surface area contributed by atoms with Gasteiger partial charge in [-0.15, -0.1) is 11.3 Å². The second-order valence-corrected chi connectivity index (χ2v) is 5.86. The Labute approximate surface area is 119 Å². The Morgan fingerprint density at radius 3 is 2.60 bits per heavy atom. The predicted octanol–water partition coefficient (Wildman–Crippen LogP) is 3.68. The van der Waals surface area contributed by atoms with Crippen LogP contribution in [0, 0.1) is 6.92 Å². The summed E-state index contributed by atoms with van der Waals surface area (Å²) in [6.07, 6.45) is 0. The summed E-state index contributed by atoms with van der Waals surface area (Å²) in [5.41, 5.74) is 1.67. The van der Waals surface area contributed by atoms with Crippen LogP contribution in [0.15, 0.2) is 41.2 Å². The first kappa shape index (κ1) is 12.8. The van der Waals surface area contributed by atoms with E-state index in [1.54, 1.807) is 17.4 Å². The van der Waals surface area contributed by atoms with Crippen LogP contribution in [0.25, 0.3) is 20.2 Å². The first-order valence-electron chi connectivity index (χ1n) is 6.30. The van der Waals surface area contributed by atoms with Gasteiger partial charge in [0.2, 0.25) is 5.91 Å². The second kappa shape index (κ2) is 4.72. The van der Waals surface area contributed by atoms with Crippen molar-refractivity contribution in [1.29, 1.82) is 0 Å². The maximum absolute atomic E-state index is 12.5. The third-order valence-electron chi connectivity index (χ3n) is 3.23. The molecule has 3 aromatic rings. The van der Waals surface area contributed by atoms with Gasteiger partial charge >= 0.3 is 0 Å². The van der Waals surface area contributed by atoms with Crippen LogP contribution in [0.3, 0.4) is 0 Å². The molecular weight excluding hydrogens is 270 g/mol. The van der Waals surface area contributed by atoms with Crippen LogP contribution in [0.5, 0.6) is 0 Å². The molecular formula is C16H13NO2S. The highest BCUT2D eigenvalue weighted by Gasteiger charge is 2.09. The molecule has 0 atom stereocenters. The molecule has 0 aliphatic heterocycles. The first-order valence-corrected chi connectivity index (χ1v) is 7.12. The van der Waals surface area contributed by atoms with Gasteiger partial charge in [0.25, 0.3) is 0 Å². The van der Waals surface area contributed by atoms with E-state index in [1.807, 2.05) is 37.3 Å². The van der Waals surface area contributed by atoms with Gasteiger partial charge in [-0.05, 0) is 36.8 Å². The monoisotopic (exact) mass is 283 g/mol. The summed E-state index contributed by atoms with van der Waals surface area (Å²) in [6.45, 7) is 3.39. The van der Waals surface area contributed by atoms with E-state index in [4.69, 9.17) is 0 Å². The Morgan fingerprint density at radius 1 is 1.10 bits per heavy atom. The van der Waals surface area contributed by atoms with Crippen LogP contribution in [-0.2, 0) is 4.79 Å². The molecule has 0 aliphatic carbocycles. The minimum atomic E-state index is -0.135. The van der Waals surface area contributed by atoms with Gasteiger partial charge < -0.3 is 5.32 Å². The second-order valence-electron chi connectivity index (χ2n) is 4.77. The van der Waals surface area contributed by atoms with Crippen molar-refractivity contribution in [3.63, 3.8) is 0 Å². The molecule has 0 unspecified atom stereocenters. The average molecular weight is 283 g/mol. The highest BCUT2D eigenvalue weighted by Crippen LogP contribution is 2.28. The number of aryl methyl sites for hydroxylation is 1. The van der Waals surface area contributed by atoms with E-state index in [1.165, 1.54) is 6.92 Å². The largest absolute Gasteiger partial charge is 0.326 e. The molecule has 1 N–H and O–H groups in total. The van der Waals surface area contributed by atoms with Crippen LogP contribution < -0.4 is 10.7 Å². The number of hydrogen-bond acceptors (Lipinski definition) is 3. The highest BCUT2D eigenvalue weighted by molar-refractivity contribution is 7.24. The topological polar surface area (TPSA) is 46.2 Å². The van der Waals surface area contributed by atoms with Gasteiger partial charge in [-0.2, -0.15) is 0 Å². The molecule has 1 heterocycles. The molecule has 0 spiro atoms. The maximum Gasteiger partial charge on any atom is 0.221 e. The lowest BCUT2D eigenvalue weighted by Gasteiger charge is -2.08. The van der Waals surface area contributed by atoms with Gasteiger partial charge in [-0.1, -0.05) is 12.1 Å². The lowest BCUT2D eigenvalue weighted by atomic mass is 10.1. The van der Waals surface area contributed by atoms with E-state index in [-0.39, 0.29) is 11.3 Å². The molecule has 2 aromatic carbocycles. The van der Waals surface area contributed by atoms with E-state index < -0.39 is 0 Å². The summed E-state index contributed by atoms with van der Waals surface area (Å²) in [4.78, 5) is 23.7. The number of carbonyl (C=O) groups is 1. The van der Waals surface area contributed by atoms with Crippen molar-refractivity contribution >= 4 is 43.1 Å². The Balaban J connectivity index is 2.38. The molecule has 0 bridgehead atoms. The van der Waals surface area contributed by atoms with Crippen molar-refractivity contribution < 1.29 is 4.79 Å². The zero-order valence-corrected chi connectivity index (χ0v) is 12.0. The van der Waals surface area contributed by atoms with Crippen molar-refractivity contribution in [2.75, 3.05) is 5.32 Å². The van der Waals surface area contributed by atoms with Gasteiger partial charge in [-0.25, -0.2) is 0 Å². The van der Waals surface area contributed by atoms with Crippen LogP contribution in [-0.4, -0.2) is 5.91 Å². The van der Waals surface area contributed by atoms with Crippen molar-refractivity contribution in [2.45, 2.75) is 13.8 Å². The first-order chi connectivity index (χ1) is 9.56. The number of fused-ring (bicyclic) bond motifs is 2. The molecule has 3 nitrogen and oxygen atoms in total. The van der Waals surface area contributed by atoms with Gasteiger partial charge in [-0.3, -0.25) is 9.59 Å². The fraction of sp³-hybridized carbons (Fsp3) is 0.125. The normalized spacial score (nSPS) is 10.9. The summed E-state index contributed by atoms with van der Waals surface area (Å²) in [5.74, 6) is -0.135. The number of carbonyl (C=O) groups excluding carboxylic acids is 1. The molecule has 4 heteroatoms. The fourth-order valence-electron chi connectivity index (χ4n) is 2.27. The Bertz CT molecular complexity index is 896. The number of benzene rings is 2. The Hall–Kier alpha value is -2.20. The van der Waals surface area contributed by atoms with Crippen molar-refractivity contribution in [2.24, 2.45) is 0 Å². The molecule has 1 aromatic heterocycles. The minimum absolute atomic E-state index is 0.0148. The Morgan fingerprint density at radius 2 is 1.85 bits per heavy atom. The van der Waals surface area contributed by atoms with E-state index in [0.717, 1.165) is 20.3 Å². The predicted molar refractivity (Wildman–Crippen MR) is 84.6 cm³/mol. The minimum Gasteiger partial charge on any atom is -0.326 e. The van der Waals surface area contributed by atoms with E-state index in [9.17, 15) is 9.59 Å². The van der Waals surface area contributed by atoms with Crippen molar-refractivity contribution in [3.05, 3.63) is 52.2 Å².